The van der Waals surface area contributed by atoms with Crippen molar-refractivity contribution in [3.8, 4) is 0 Å². The van der Waals surface area contributed by atoms with Crippen molar-refractivity contribution in [1.29, 1.82) is 0 Å². The summed E-state index contributed by atoms with van der Waals surface area (Å²) in [7, 11) is 1.50. The van der Waals surface area contributed by atoms with E-state index in [-0.39, 0.29) is 12.4 Å². The van der Waals surface area contributed by atoms with E-state index in [9.17, 15) is 4.39 Å². The highest BCUT2D eigenvalue weighted by Gasteiger charge is 2.03. The number of hydrogen-bond donors (Lipinski definition) is 3. The lowest BCUT2D eigenvalue weighted by Gasteiger charge is -2.12. The molecule has 1 aromatic carbocycles. The molecule has 0 saturated heterocycles. The number of halogens is 1. The van der Waals surface area contributed by atoms with Crippen LogP contribution in [0.15, 0.2) is 18.2 Å². The summed E-state index contributed by atoms with van der Waals surface area (Å²) in [4.78, 5) is 4.78. The molecule has 90 valence electrons. The van der Waals surface area contributed by atoms with Gasteiger partial charge in [-0.15, -0.1) is 0 Å². The zero-order chi connectivity index (χ0) is 11.8. The third-order valence-electron chi connectivity index (χ3n) is 2.09. The van der Waals surface area contributed by atoms with E-state index < -0.39 is 0 Å². The number of aliphatic hydroxyl groups is 1. The van der Waals surface area contributed by atoms with E-state index in [1.807, 2.05) is 0 Å². The highest BCUT2D eigenvalue weighted by molar-refractivity contribution is 5.67. The molecule has 0 aliphatic rings. The van der Waals surface area contributed by atoms with Crippen LogP contribution >= 0.6 is 0 Å². The van der Waals surface area contributed by atoms with E-state index in [0.29, 0.717) is 17.9 Å². The van der Waals surface area contributed by atoms with Crippen molar-refractivity contribution in [2.45, 2.75) is 12.8 Å². The smallest absolute Gasteiger partial charge is 0.125 e. The van der Waals surface area contributed by atoms with Crippen LogP contribution in [0.3, 0.4) is 0 Å². The zero-order valence-electron chi connectivity index (χ0n) is 9.29. The first-order valence-electron chi connectivity index (χ1n) is 5.21. The third-order valence-corrected chi connectivity index (χ3v) is 2.09. The number of aliphatic hydroxyl groups excluding tert-OH is 1. The lowest BCUT2D eigenvalue weighted by Crippen LogP contribution is -2.06. The van der Waals surface area contributed by atoms with Crippen LogP contribution in [0.1, 0.15) is 12.8 Å². The molecule has 4 nitrogen and oxygen atoms in total. The molecule has 0 unspecified atom stereocenters. The topological polar surface area (TPSA) is 53.5 Å². The minimum atomic E-state index is -0.300. The Morgan fingerprint density at radius 1 is 1.31 bits per heavy atom. The largest absolute Gasteiger partial charge is 0.396 e. The molecular formula is C11H17FN2O2. The van der Waals surface area contributed by atoms with Crippen molar-refractivity contribution in [3.63, 3.8) is 0 Å². The van der Waals surface area contributed by atoms with E-state index in [0.717, 1.165) is 12.8 Å². The molecule has 0 aliphatic heterocycles. The lowest BCUT2D eigenvalue weighted by molar-refractivity contribution is 0.271. The Balaban J connectivity index is 2.57. The van der Waals surface area contributed by atoms with Crippen LogP contribution in [-0.4, -0.2) is 25.4 Å². The molecule has 0 saturated carbocycles. The van der Waals surface area contributed by atoms with Gasteiger partial charge in [0.15, 0.2) is 0 Å². The number of rotatable bonds is 7. The highest BCUT2D eigenvalue weighted by atomic mass is 19.1. The number of anilines is 2. The predicted molar refractivity (Wildman–Crippen MR) is 61.8 cm³/mol. The van der Waals surface area contributed by atoms with Crippen LogP contribution in [0.25, 0.3) is 0 Å². The number of nitrogens with one attached hydrogen (secondary N) is 2. The fourth-order valence-electron chi connectivity index (χ4n) is 1.32. The number of benzene rings is 1. The third kappa shape index (κ3) is 4.04. The average Bonchev–Trinajstić information content (AvgIpc) is 2.28. The summed E-state index contributed by atoms with van der Waals surface area (Å²) in [5.41, 5.74) is 4.01. The molecule has 0 heterocycles. The number of hydrogen-bond acceptors (Lipinski definition) is 4. The van der Waals surface area contributed by atoms with Gasteiger partial charge >= 0.3 is 0 Å². The molecule has 1 aromatic rings. The van der Waals surface area contributed by atoms with E-state index in [1.54, 1.807) is 6.07 Å². The monoisotopic (exact) mass is 228 g/mol. The van der Waals surface area contributed by atoms with Gasteiger partial charge < -0.3 is 10.4 Å². The lowest BCUT2D eigenvalue weighted by atomic mass is 10.2. The van der Waals surface area contributed by atoms with Crippen LogP contribution < -0.4 is 10.8 Å². The molecule has 0 radical (unpaired) electrons. The molecule has 0 bridgehead atoms. The predicted octanol–water partition coefficient (Wildman–Crippen LogP) is 1.98. The summed E-state index contributed by atoms with van der Waals surface area (Å²) in [5, 5.41) is 11.7. The minimum absolute atomic E-state index is 0.175. The van der Waals surface area contributed by atoms with Gasteiger partial charge in [-0.05, 0) is 31.0 Å². The van der Waals surface area contributed by atoms with Gasteiger partial charge in [0, 0.05) is 13.2 Å². The van der Waals surface area contributed by atoms with Gasteiger partial charge in [-0.2, -0.15) is 0 Å². The van der Waals surface area contributed by atoms with E-state index in [1.165, 1.54) is 19.2 Å². The second-order valence-electron chi connectivity index (χ2n) is 3.35. The van der Waals surface area contributed by atoms with Crippen molar-refractivity contribution >= 4 is 11.4 Å². The van der Waals surface area contributed by atoms with Gasteiger partial charge in [0.2, 0.25) is 0 Å². The molecular weight excluding hydrogens is 211 g/mol. The molecule has 0 fully saturated rings. The van der Waals surface area contributed by atoms with Crippen LogP contribution in [0.4, 0.5) is 15.8 Å². The van der Waals surface area contributed by atoms with Crippen molar-refractivity contribution in [1.82, 2.24) is 0 Å². The van der Waals surface area contributed by atoms with E-state index in [4.69, 9.17) is 9.94 Å². The first-order chi connectivity index (χ1) is 7.77. The van der Waals surface area contributed by atoms with Gasteiger partial charge in [-0.1, -0.05) is 0 Å². The Kier molecular flexibility index (Phi) is 5.60. The molecule has 3 N–H and O–H groups in total. The molecule has 0 atom stereocenters. The van der Waals surface area contributed by atoms with Gasteiger partial charge in [-0.25, -0.2) is 4.39 Å². The van der Waals surface area contributed by atoms with Crippen LogP contribution in [0, 0.1) is 5.82 Å². The summed E-state index contributed by atoms with van der Waals surface area (Å²) in [6.07, 6.45) is 1.56. The maximum atomic E-state index is 13.0. The molecule has 0 spiro atoms. The van der Waals surface area contributed by atoms with E-state index >= 15 is 0 Å². The van der Waals surface area contributed by atoms with Crippen molar-refractivity contribution in [2.75, 3.05) is 31.1 Å². The summed E-state index contributed by atoms with van der Waals surface area (Å²) in [6.45, 7) is 0.858. The molecule has 5 heteroatoms. The molecule has 0 amide bonds. The van der Waals surface area contributed by atoms with Crippen molar-refractivity contribution in [2.24, 2.45) is 0 Å². The van der Waals surface area contributed by atoms with Crippen molar-refractivity contribution < 1.29 is 14.3 Å². The maximum Gasteiger partial charge on any atom is 0.125 e. The molecule has 16 heavy (non-hydrogen) atoms. The Morgan fingerprint density at radius 2 is 2.12 bits per heavy atom. The summed E-state index contributed by atoms with van der Waals surface area (Å²) in [5.74, 6) is -0.300. The Bertz CT molecular complexity index is 321. The fourth-order valence-corrected chi connectivity index (χ4v) is 1.32. The Labute approximate surface area is 94.4 Å². The quantitative estimate of drug-likeness (QED) is 0.493. The van der Waals surface area contributed by atoms with Gasteiger partial charge in [0.05, 0.1) is 18.5 Å². The highest BCUT2D eigenvalue weighted by Crippen LogP contribution is 2.22. The first kappa shape index (κ1) is 12.7. The minimum Gasteiger partial charge on any atom is -0.396 e. The Hall–Kier alpha value is -1.33. The SMILES string of the molecule is CONc1ccc(F)cc1NCCCCO. The Morgan fingerprint density at radius 3 is 2.81 bits per heavy atom. The average molecular weight is 228 g/mol. The normalized spacial score (nSPS) is 10.2. The summed E-state index contributed by atoms with van der Waals surface area (Å²) < 4.78 is 13.0. The van der Waals surface area contributed by atoms with Crippen molar-refractivity contribution in [3.05, 3.63) is 24.0 Å². The molecule has 1 rings (SSSR count). The summed E-state index contributed by atoms with van der Waals surface area (Å²) >= 11 is 0. The number of unbranched alkanes of at least 4 members (excludes halogenated alkanes) is 1. The second kappa shape index (κ2) is 7.03. The van der Waals surface area contributed by atoms with Crippen LogP contribution in [0.2, 0.25) is 0 Å². The molecule has 0 aliphatic carbocycles. The first-order valence-corrected chi connectivity index (χ1v) is 5.21. The zero-order valence-corrected chi connectivity index (χ0v) is 9.29. The van der Waals surface area contributed by atoms with Crippen LogP contribution in [0.5, 0.6) is 0 Å². The van der Waals surface area contributed by atoms with Crippen LogP contribution in [-0.2, 0) is 4.84 Å². The second-order valence-corrected chi connectivity index (χ2v) is 3.35. The van der Waals surface area contributed by atoms with E-state index in [2.05, 4.69) is 10.8 Å². The van der Waals surface area contributed by atoms with Gasteiger partial charge in [0.1, 0.15) is 5.82 Å². The van der Waals surface area contributed by atoms with Gasteiger partial charge in [-0.3, -0.25) is 10.3 Å². The fraction of sp³-hybridized carbons (Fsp3) is 0.455. The van der Waals surface area contributed by atoms with Gasteiger partial charge in [0.25, 0.3) is 0 Å². The molecule has 0 aromatic heterocycles. The standard InChI is InChI=1S/C11H17FN2O2/c1-16-14-10-5-4-9(12)8-11(10)13-6-2-3-7-15/h4-5,8,13-15H,2-3,6-7H2,1H3. The summed E-state index contributed by atoms with van der Waals surface area (Å²) in [6, 6.07) is 4.37. The maximum absolute atomic E-state index is 13.0.